The number of carbonyl (C=O) groups is 1. The van der Waals surface area contributed by atoms with Crippen LogP contribution in [-0.4, -0.2) is 33.7 Å². The van der Waals surface area contributed by atoms with Crippen molar-refractivity contribution < 1.29 is 9.18 Å². The molecule has 1 amide bonds. The van der Waals surface area contributed by atoms with Crippen LogP contribution < -0.4 is 5.56 Å². The van der Waals surface area contributed by atoms with E-state index < -0.39 is 6.04 Å². The number of hydrogen-bond acceptors (Lipinski definition) is 3. The first-order valence-corrected chi connectivity index (χ1v) is 7.71. The van der Waals surface area contributed by atoms with E-state index in [2.05, 4.69) is 5.10 Å². The highest BCUT2D eigenvalue weighted by Gasteiger charge is 2.25. The molecule has 0 saturated carbocycles. The number of hydrogen-bond donors (Lipinski definition) is 0. The second kappa shape index (κ2) is 6.32. The molecule has 0 aliphatic carbocycles. The van der Waals surface area contributed by atoms with E-state index in [1.54, 1.807) is 30.0 Å². The van der Waals surface area contributed by atoms with Gasteiger partial charge in [-0.1, -0.05) is 0 Å². The molecule has 1 aromatic heterocycles. The summed E-state index contributed by atoms with van der Waals surface area (Å²) in [5, 5.41) is 4.30. The number of amides is 1. The Morgan fingerprint density at radius 2 is 1.78 bits per heavy atom. The van der Waals surface area contributed by atoms with Gasteiger partial charge in [-0.2, -0.15) is 5.10 Å². The van der Waals surface area contributed by atoms with E-state index >= 15 is 0 Å². The molecule has 120 valence electrons. The first-order chi connectivity index (χ1) is 11.1. The van der Waals surface area contributed by atoms with Gasteiger partial charge < -0.3 is 4.90 Å². The van der Waals surface area contributed by atoms with Crippen LogP contribution in [-0.2, 0) is 4.79 Å². The van der Waals surface area contributed by atoms with Gasteiger partial charge in [-0.3, -0.25) is 9.59 Å². The lowest BCUT2D eigenvalue weighted by Gasteiger charge is -2.21. The molecule has 1 aromatic carbocycles. The summed E-state index contributed by atoms with van der Waals surface area (Å²) in [7, 11) is 0. The second-order valence-corrected chi connectivity index (χ2v) is 5.72. The Morgan fingerprint density at radius 1 is 1.13 bits per heavy atom. The molecule has 5 nitrogen and oxygen atoms in total. The minimum Gasteiger partial charge on any atom is -0.341 e. The molecule has 1 aliphatic rings. The number of carbonyl (C=O) groups excluding carboxylic acids is 1. The van der Waals surface area contributed by atoms with E-state index in [4.69, 9.17) is 0 Å². The number of halogens is 1. The molecule has 1 fully saturated rings. The minimum absolute atomic E-state index is 0.0895. The molecular formula is C17H18FN3O2. The molecule has 3 rings (SSSR count). The lowest BCUT2D eigenvalue weighted by molar-refractivity contribution is -0.133. The highest BCUT2D eigenvalue weighted by molar-refractivity contribution is 5.80. The van der Waals surface area contributed by atoms with Crippen LogP contribution in [0.25, 0.3) is 11.3 Å². The van der Waals surface area contributed by atoms with Gasteiger partial charge in [0.1, 0.15) is 11.9 Å². The van der Waals surface area contributed by atoms with E-state index in [0.29, 0.717) is 11.3 Å². The Balaban J connectivity index is 1.92. The molecule has 0 radical (unpaired) electrons. The Morgan fingerprint density at radius 3 is 2.43 bits per heavy atom. The molecule has 0 spiro atoms. The molecule has 0 unspecified atom stereocenters. The number of aromatic nitrogens is 2. The molecule has 6 heteroatoms. The smallest absolute Gasteiger partial charge is 0.267 e. The normalized spacial score (nSPS) is 15.7. The third kappa shape index (κ3) is 3.16. The third-order valence-corrected chi connectivity index (χ3v) is 4.11. The summed E-state index contributed by atoms with van der Waals surface area (Å²) in [5.74, 6) is -0.423. The minimum atomic E-state index is -0.652. The van der Waals surface area contributed by atoms with Crippen LogP contribution in [0.15, 0.2) is 41.2 Å². The van der Waals surface area contributed by atoms with E-state index in [1.165, 1.54) is 22.9 Å². The SMILES string of the molecule is C[C@H](C(=O)N1CCCC1)n1nc(-c2ccc(F)cc2)ccc1=O. The summed E-state index contributed by atoms with van der Waals surface area (Å²) in [6.45, 7) is 3.15. The van der Waals surface area contributed by atoms with Gasteiger partial charge in [-0.15, -0.1) is 0 Å². The monoisotopic (exact) mass is 315 g/mol. The largest absolute Gasteiger partial charge is 0.341 e. The fraction of sp³-hybridized carbons (Fsp3) is 0.353. The molecule has 2 heterocycles. The Hall–Kier alpha value is -2.50. The zero-order chi connectivity index (χ0) is 16.4. The lowest BCUT2D eigenvalue weighted by Crippen LogP contribution is -2.38. The summed E-state index contributed by atoms with van der Waals surface area (Å²) in [6, 6.07) is 8.19. The van der Waals surface area contributed by atoms with Crippen molar-refractivity contribution in [2.45, 2.75) is 25.8 Å². The fourth-order valence-corrected chi connectivity index (χ4v) is 2.78. The van der Waals surface area contributed by atoms with Crippen molar-refractivity contribution in [3.63, 3.8) is 0 Å². The zero-order valence-corrected chi connectivity index (χ0v) is 12.9. The van der Waals surface area contributed by atoms with Crippen molar-refractivity contribution >= 4 is 5.91 Å². The summed E-state index contributed by atoms with van der Waals surface area (Å²) >= 11 is 0. The van der Waals surface area contributed by atoms with E-state index in [0.717, 1.165) is 25.9 Å². The average Bonchev–Trinajstić information content (AvgIpc) is 3.09. The summed E-state index contributed by atoms with van der Waals surface area (Å²) in [5.41, 5.74) is 0.905. The van der Waals surface area contributed by atoms with Gasteiger partial charge in [0.25, 0.3) is 5.56 Å². The van der Waals surface area contributed by atoms with Gasteiger partial charge >= 0.3 is 0 Å². The number of rotatable bonds is 3. The van der Waals surface area contributed by atoms with Crippen LogP contribution in [0.3, 0.4) is 0 Å². The molecule has 23 heavy (non-hydrogen) atoms. The van der Waals surface area contributed by atoms with Gasteiger partial charge in [-0.25, -0.2) is 9.07 Å². The number of likely N-dealkylation sites (tertiary alicyclic amines) is 1. The van der Waals surface area contributed by atoms with E-state index in [-0.39, 0.29) is 17.3 Å². The fourth-order valence-electron chi connectivity index (χ4n) is 2.78. The standard InChI is InChI=1S/C17H18FN3O2/c1-12(17(23)20-10-2-3-11-20)21-16(22)9-8-15(19-21)13-4-6-14(18)7-5-13/h4-9,12H,2-3,10-11H2,1H3/t12-/m1/s1. The summed E-state index contributed by atoms with van der Waals surface area (Å²) < 4.78 is 14.2. The van der Waals surface area contributed by atoms with Crippen LogP contribution in [0.4, 0.5) is 4.39 Å². The second-order valence-electron chi connectivity index (χ2n) is 5.72. The zero-order valence-electron chi connectivity index (χ0n) is 12.9. The van der Waals surface area contributed by atoms with Gasteiger partial charge in [0.05, 0.1) is 5.69 Å². The van der Waals surface area contributed by atoms with Crippen molar-refractivity contribution in [3.05, 3.63) is 52.6 Å². The van der Waals surface area contributed by atoms with Crippen molar-refractivity contribution in [3.8, 4) is 11.3 Å². The van der Waals surface area contributed by atoms with Crippen molar-refractivity contribution in [1.29, 1.82) is 0 Å². The van der Waals surface area contributed by atoms with Crippen LogP contribution >= 0.6 is 0 Å². The quantitative estimate of drug-likeness (QED) is 0.873. The summed E-state index contributed by atoms with van der Waals surface area (Å²) in [6.07, 6.45) is 1.99. The topological polar surface area (TPSA) is 55.2 Å². The Labute approximate surface area is 133 Å². The van der Waals surface area contributed by atoms with E-state index in [1.807, 2.05) is 0 Å². The van der Waals surface area contributed by atoms with Crippen LogP contribution in [0.2, 0.25) is 0 Å². The maximum atomic E-state index is 13.0. The molecule has 0 N–H and O–H groups in total. The Bertz CT molecular complexity index is 764. The van der Waals surface area contributed by atoms with Crippen molar-refractivity contribution in [2.24, 2.45) is 0 Å². The van der Waals surface area contributed by atoms with E-state index in [9.17, 15) is 14.0 Å². The van der Waals surface area contributed by atoms with Gasteiger partial charge in [0.15, 0.2) is 0 Å². The molecular weight excluding hydrogens is 297 g/mol. The molecule has 0 bridgehead atoms. The van der Waals surface area contributed by atoms with Crippen LogP contribution in [0.1, 0.15) is 25.8 Å². The number of nitrogens with zero attached hydrogens (tertiary/aromatic N) is 3. The first-order valence-electron chi connectivity index (χ1n) is 7.71. The predicted molar refractivity (Wildman–Crippen MR) is 84.4 cm³/mol. The molecule has 1 atom stereocenters. The Kier molecular flexibility index (Phi) is 4.23. The highest BCUT2D eigenvalue weighted by Crippen LogP contribution is 2.18. The lowest BCUT2D eigenvalue weighted by atomic mass is 10.1. The third-order valence-electron chi connectivity index (χ3n) is 4.11. The van der Waals surface area contributed by atoms with Crippen LogP contribution in [0.5, 0.6) is 0 Å². The van der Waals surface area contributed by atoms with Crippen molar-refractivity contribution in [2.75, 3.05) is 13.1 Å². The predicted octanol–water partition coefficient (Wildman–Crippen LogP) is 2.23. The average molecular weight is 315 g/mol. The molecule has 2 aromatic rings. The first kappa shape index (κ1) is 15.4. The maximum Gasteiger partial charge on any atom is 0.267 e. The van der Waals surface area contributed by atoms with Gasteiger partial charge in [0, 0.05) is 24.7 Å². The molecule has 1 aliphatic heterocycles. The number of benzene rings is 1. The van der Waals surface area contributed by atoms with Gasteiger partial charge in [0.2, 0.25) is 5.91 Å². The highest BCUT2D eigenvalue weighted by atomic mass is 19.1. The molecule has 1 saturated heterocycles. The van der Waals surface area contributed by atoms with Crippen LogP contribution in [0, 0.1) is 5.82 Å². The van der Waals surface area contributed by atoms with Gasteiger partial charge in [-0.05, 0) is 50.1 Å². The maximum absolute atomic E-state index is 13.0. The van der Waals surface area contributed by atoms with Crippen molar-refractivity contribution in [1.82, 2.24) is 14.7 Å². The summed E-state index contributed by atoms with van der Waals surface area (Å²) in [4.78, 5) is 26.3.